The van der Waals surface area contributed by atoms with Gasteiger partial charge in [0.1, 0.15) is 4.90 Å². The smallest absolute Gasteiger partial charge is 0.271 e. The molecule has 7 nitrogen and oxygen atoms in total. The van der Waals surface area contributed by atoms with Crippen molar-refractivity contribution in [2.45, 2.75) is 57.3 Å². The predicted octanol–water partition coefficient (Wildman–Crippen LogP) is 3.32. The molecule has 0 fully saturated rings. The highest BCUT2D eigenvalue weighted by molar-refractivity contribution is 7.89. The lowest BCUT2D eigenvalue weighted by molar-refractivity contribution is -0.385. The zero-order valence-electron chi connectivity index (χ0n) is 13.7. The van der Waals surface area contributed by atoms with Gasteiger partial charge in [-0.1, -0.05) is 39.0 Å². The number of unbranched alkanes of at least 4 members (excludes halogenated alkanes) is 5. The van der Waals surface area contributed by atoms with Gasteiger partial charge < -0.3 is 5.32 Å². The van der Waals surface area contributed by atoms with Crippen molar-refractivity contribution in [3.05, 3.63) is 27.8 Å². The summed E-state index contributed by atoms with van der Waals surface area (Å²) in [6.07, 6.45) is 6.74. The molecule has 1 aromatic carbocycles. The summed E-state index contributed by atoms with van der Waals surface area (Å²) in [6, 6.07) is 2.35. The SMILES string of the molecule is CCCCCCCCNc1c(C)cc([N+](=O)[O-])cc1S(N)(=O)=O. The number of hydrogen-bond acceptors (Lipinski definition) is 5. The second-order valence-corrected chi connectivity index (χ2v) is 7.16. The molecule has 0 saturated heterocycles. The van der Waals surface area contributed by atoms with Crippen molar-refractivity contribution < 1.29 is 13.3 Å². The number of aryl methyl sites for hydroxylation is 1. The number of nitrogens with one attached hydrogen (secondary N) is 1. The number of nitro groups is 1. The van der Waals surface area contributed by atoms with E-state index >= 15 is 0 Å². The van der Waals surface area contributed by atoms with Crippen LogP contribution in [-0.2, 0) is 10.0 Å². The first kappa shape index (κ1) is 19.4. The molecule has 3 N–H and O–H groups in total. The van der Waals surface area contributed by atoms with Crippen molar-refractivity contribution in [1.82, 2.24) is 0 Å². The maximum Gasteiger partial charge on any atom is 0.271 e. The fourth-order valence-electron chi connectivity index (χ4n) is 2.41. The topological polar surface area (TPSA) is 115 Å². The van der Waals surface area contributed by atoms with E-state index in [-0.39, 0.29) is 10.6 Å². The summed E-state index contributed by atoms with van der Waals surface area (Å²) in [5.41, 5.74) is 0.567. The number of rotatable bonds is 10. The Labute approximate surface area is 137 Å². The number of nitrogens with two attached hydrogens (primary N) is 1. The third kappa shape index (κ3) is 6.15. The van der Waals surface area contributed by atoms with Crippen LogP contribution in [-0.4, -0.2) is 19.9 Å². The highest BCUT2D eigenvalue weighted by atomic mass is 32.2. The number of nitro benzene ring substituents is 1. The third-order valence-corrected chi connectivity index (χ3v) is 4.57. The largest absolute Gasteiger partial charge is 0.384 e. The highest BCUT2D eigenvalue weighted by Crippen LogP contribution is 2.29. The van der Waals surface area contributed by atoms with Gasteiger partial charge in [-0.05, 0) is 18.9 Å². The van der Waals surface area contributed by atoms with Crippen LogP contribution in [0.4, 0.5) is 11.4 Å². The van der Waals surface area contributed by atoms with Crippen LogP contribution >= 0.6 is 0 Å². The van der Waals surface area contributed by atoms with Crippen molar-refractivity contribution in [3.8, 4) is 0 Å². The van der Waals surface area contributed by atoms with E-state index in [0.29, 0.717) is 17.8 Å². The fourth-order valence-corrected chi connectivity index (χ4v) is 3.21. The second kappa shape index (κ2) is 8.83. The van der Waals surface area contributed by atoms with E-state index in [1.807, 2.05) is 0 Å². The molecule has 0 aliphatic heterocycles. The molecule has 0 amide bonds. The van der Waals surface area contributed by atoms with Gasteiger partial charge in [0.2, 0.25) is 10.0 Å². The van der Waals surface area contributed by atoms with Crippen molar-refractivity contribution in [2.24, 2.45) is 5.14 Å². The fraction of sp³-hybridized carbons (Fsp3) is 0.600. The average Bonchev–Trinajstić information content (AvgIpc) is 2.45. The van der Waals surface area contributed by atoms with Crippen LogP contribution in [0.1, 0.15) is 51.0 Å². The molecule has 0 aliphatic carbocycles. The third-order valence-electron chi connectivity index (χ3n) is 3.63. The average molecular weight is 343 g/mol. The van der Waals surface area contributed by atoms with E-state index < -0.39 is 14.9 Å². The summed E-state index contributed by atoms with van der Waals surface area (Å²) in [5, 5.41) is 19.1. The number of hydrogen-bond donors (Lipinski definition) is 2. The number of sulfonamides is 1. The van der Waals surface area contributed by atoms with Gasteiger partial charge in [0.25, 0.3) is 5.69 Å². The van der Waals surface area contributed by atoms with Crippen LogP contribution in [0.5, 0.6) is 0 Å². The van der Waals surface area contributed by atoms with Gasteiger partial charge in [-0.15, -0.1) is 0 Å². The van der Waals surface area contributed by atoms with Gasteiger partial charge in [0, 0.05) is 18.7 Å². The Morgan fingerprint density at radius 3 is 2.35 bits per heavy atom. The van der Waals surface area contributed by atoms with Crippen molar-refractivity contribution >= 4 is 21.4 Å². The van der Waals surface area contributed by atoms with Gasteiger partial charge in [0.05, 0.1) is 10.6 Å². The summed E-state index contributed by atoms with van der Waals surface area (Å²) in [7, 11) is -4.03. The zero-order valence-corrected chi connectivity index (χ0v) is 14.5. The van der Waals surface area contributed by atoms with Crippen LogP contribution in [0, 0.1) is 17.0 Å². The van der Waals surface area contributed by atoms with Crippen LogP contribution in [0.3, 0.4) is 0 Å². The number of non-ortho nitro benzene ring substituents is 1. The zero-order chi connectivity index (χ0) is 17.5. The molecule has 0 bridgehead atoms. The molecule has 0 radical (unpaired) electrons. The molecule has 1 aromatic rings. The summed E-state index contributed by atoms with van der Waals surface area (Å²) in [4.78, 5) is 10.0. The van der Waals surface area contributed by atoms with Crippen LogP contribution < -0.4 is 10.5 Å². The first-order valence-corrected chi connectivity index (χ1v) is 9.37. The van der Waals surface area contributed by atoms with Crippen molar-refractivity contribution in [2.75, 3.05) is 11.9 Å². The van der Waals surface area contributed by atoms with Crippen LogP contribution in [0.2, 0.25) is 0 Å². The Bertz CT molecular complexity index is 644. The molecular formula is C15H25N3O4S. The normalized spacial score (nSPS) is 11.4. The molecule has 23 heavy (non-hydrogen) atoms. The molecule has 0 atom stereocenters. The van der Waals surface area contributed by atoms with Crippen molar-refractivity contribution in [3.63, 3.8) is 0 Å². The molecule has 0 heterocycles. The monoisotopic (exact) mass is 343 g/mol. The predicted molar refractivity (Wildman–Crippen MR) is 91.1 cm³/mol. The Kier molecular flexibility index (Phi) is 7.44. The number of nitrogens with zero attached hydrogens (tertiary/aromatic N) is 1. The minimum absolute atomic E-state index is 0.227. The summed E-state index contributed by atoms with van der Waals surface area (Å²) < 4.78 is 23.4. The first-order chi connectivity index (χ1) is 10.8. The molecule has 8 heteroatoms. The van der Waals surface area contributed by atoms with Gasteiger partial charge in [-0.25, -0.2) is 13.6 Å². The van der Waals surface area contributed by atoms with Gasteiger partial charge in [0.15, 0.2) is 0 Å². The summed E-state index contributed by atoms with van der Waals surface area (Å²) >= 11 is 0. The minimum atomic E-state index is -4.03. The van der Waals surface area contributed by atoms with Gasteiger partial charge in [-0.3, -0.25) is 10.1 Å². The molecule has 0 spiro atoms. The van der Waals surface area contributed by atoms with E-state index in [2.05, 4.69) is 12.2 Å². The van der Waals surface area contributed by atoms with E-state index in [0.717, 1.165) is 25.3 Å². The molecule has 130 valence electrons. The van der Waals surface area contributed by atoms with E-state index in [1.165, 1.54) is 25.3 Å². The molecule has 0 aromatic heterocycles. The maximum atomic E-state index is 11.7. The molecule has 0 unspecified atom stereocenters. The Morgan fingerprint density at radius 2 is 1.78 bits per heavy atom. The second-order valence-electron chi connectivity index (χ2n) is 5.63. The van der Waals surface area contributed by atoms with Gasteiger partial charge >= 0.3 is 0 Å². The lowest BCUT2D eigenvalue weighted by atomic mass is 10.1. The Morgan fingerprint density at radius 1 is 1.17 bits per heavy atom. The lowest BCUT2D eigenvalue weighted by Gasteiger charge is -2.13. The quantitative estimate of drug-likeness (QED) is 0.384. The standard InChI is InChI=1S/C15H25N3O4S/c1-3-4-5-6-7-8-9-17-15-12(2)10-13(18(19)20)11-14(15)23(16,21)22/h10-11,17H,3-9H2,1-2H3,(H2,16,21,22). The molecule has 1 rings (SSSR count). The Hall–Kier alpha value is -1.67. The minimum Gasteiger partial charge on any atom is -0.384 e. The number of benzene rings is 1. The lowest BCUT2D eigenvalue weighted by Crippen LogP contribution is -2.17. The van der Waals surface area contributed by atoms with Crippen LogP contribution in [0.15, 0.2) is 17.0 Å². The highest BCUT2D eigenvalue weighted by Gasteiger charge is 2.21. The molecule has 0 aliphatic rings. The molecule has 0 saturated carbocycles. The van der Waals surface area contributed by atoms with Crippen molar-refractivity contribution in [1.29, 1.82) is 0 Å². The Balaban J connectivity index is 2.79. The van der Waals surface area contributed by atoms with E-state index in [9.17, 15) is 18.5 Å². The summed E-state index contributed by atoms with van der Waals surface area (Å²) in [5.74, 6) is 0. The number of anilines is 1. The molecular weight excluding hydrogens is 318 g/mol. The number of primary sulfonamides is 1. The van der Waals surface area contributed by atoms with E-state index in [4.69, 9.17) is 5.14 Å². The first-order valence-electron chi connectivity index (χ1n) is 7.83. The summed E-state index contributed by atoms with van der Waals surface area (Å²) in [6.45, 7) is 4.40. The van der Waals surface area contributed by atoms with Crippen LogP contribution in [0.25, 0.3) is 0 Å². The van der Waals surface area contributed by atoms with Gasteiger partial charge in [-0.2, -0.15) is 0 Å². The maximum absolute atomic E-state index is 11.7. The van der Waals surface area contributed by atoms with E-state index in [1.54, 1.807) is 6.92 Å².